The molecule has 0 aliphatic heterocycles. The molecule has 0 aliphatic rings. The molecule has 0 aliphatic carbocycles. The monoisotopic (exact) mass is 276 g/mol. The van der Waals surface area contributed by atoms with Crippen LogP contribution < -0.4 is 0 Å². The summed E-state index contributed by atoms with van der Waals surface area (Å²) in [5.41, 5.74) is 0.309. The lowest BCUT2D eigenvalue weighted by Crippen LogP contribution is -1.92. The minimum absolute atomic E-state index is 0.341. The summed E-state index contributed by atoms with van der Waals surface area (Å²) in [5.74, 6) is 4.55. The molecule has 0 saturated heterocycles. The predicted molar refractivity (Wildman–Crippen MR) is 68.3 cm³/mol. The van der Waals surface area contributed by atoms with Gasteiger partial charge in [0.25, 0.3) is 0 Å². The van der Waals surface area contributed by atoms with E-state index >= 15 is 0 Å². The highest BCUT2D eigenvalue weighted by molar-refractivity contribution is 6.30. The summed E-state index contributed by atoms with van der Waals surface area (Å²) < 4.78 is 13.1. The molecule has 0 saturated carbocycles. The number of nitrogens with zero attached hydrogens (tertiary/aromatic N) is 2. The van der Waals surface area contributed by atoms with Crippen LogP contribution in [0.2, 0.25) is 5.02 Å². The highest BCUT2D eigenvalue weighted by Gasteiger charge is 2.13. The largest absolute Gasteiger partial charge is 0.306 e. The third-order valence-corrected chi connectivity index (χ3v) is 2.41. The van der Waals surface area contributed by atoms with E-state index in [1.807, 2.05) is 0 Å². The van der Waals surface area contributed by atoms with Gasteiger partial charge in [-0.15, -0.1) is 0 Å². The highest BCUT2D eigenvalue weighted by Crippen LogP contribution is 2.18. The molecule has 6 heteroatoms. The van der Waals surface area contributed by atoms with Crippen LogP contribution in [0.1, 0.15) is 11.1 Å². The molecule has 94 valence electrons. The zero-order valence-corrected chi connectivity index (χ0v) is 10.2. The van der Waals surface area contributed by atoms with Gasteiger partial charge in [-0.2, -0.15) is 4.39 Å². The standard InChI is InChI=1S/C13H6ClFN2O2/c14-11-5-10(7-16-8-11)2-1-9-3-4-12(15)13(6-9)17(18)19/h3-8H. The van der Waals surface area contributed by atoms with Gasteiger partial charge in [-0.05, 0) is 18.2 Å². The van der Waals surface area contributed by atoms with Crippen LogP contribution in [0.15, 0.2) is 36.7 Å². The number of halogens is 2. The summed E-state index contributed by atoms with van der Waals surface area (Å²) in [4.78, 5) is 13.6. The van der Waals surface area contributed by atoms with Crippen molar-refractivity contribution in [3.05, 3.63) is 68.7 Å². The number of rotatable bonds is 1. The Morgan fingerprint density at radius 3 is 2.63 bits per heavy atom. The molecule has 0 unspecified atom stereocenters. The van der Waals surface area contributed by atoms with Crippen molar-refractivity contribution in [3.63, 3.8) is 0 Å². The summed E-state index contributed by atoms with van der Waals surface area (Å²) in [7, 11) is 0. The first kappa shape index (κ1) is 13.0. The molecule has 0 atom stereocenters. The number of pyridine rings is 1. The summed E-state index contributed by atoms with van der Waals surface area (Å²) in [6.07, 6.45) is 2.98. The molecule has 0 spiro atoms. The van der Waals surface area contributed by atoms with Crippen molar-refractivity contribution in [3.8, 4) is 11.8 Å². The van der Waals surface area contributed by atoms with E-state index in [2.05, 4.69) is 16.8 Å². The molecule has 1 aromatic heterocycles. The van der Waals surface area contributed by atoms with Gasteiger partial charge in [-0.1, -0.05) is 23.4 Å². The molecule has 4 nitrogen and oxygen atoms in total. The van der Waals surface area contributed by atoms with Crippen molar-refractivity contribution < 1.29 is 9.31 Å². The predicted octanol–water partition coefficient (Wildman–Crippen LogP) is 3.18. The Morgan fingerprint density at radius 1 is 1.21 bits per heavy atom. The smallest absolute Gasteiger partial charge is 0.262 e. The fraction of sp³-hybridized carbons (Fsp3) is 0. The average molecular weight is 277 g/mol. The number of nitro groups is 1. The Kier molecular flexibility index (Phi) is 3.74. The molecule has 2 rings (SSSR count). The van der Waals surface area contributed by atoms with Gasteiger partial charge in [0.1, 0.15) is 0 Å². The van der Waals surface area contributed by atoms with Crippen LogP contribution in [-0.4, -0.2) is 9.91 Å². The van der Waals surface area contributed by atoms with Crippen molar-refractivity contribution >= 4 is 17.3 Å². The topological polar surface area (TPSA) is 56.0 Å². The quantitative estimate of drug-likeness (QED) is 0.457. The van der Waals surface area contributed by atoms with Crippen LogP contribution in [-0.2, 0) is 0 Å². The maximum Gasteiger partial charge on any atom is 0.306 e. The first-order valence-electron chi connectivity index (χ1n) is 5.13. The number of aromatic nitrogens is 1. The van der Waals surface area contributed by atoms with E-state index in [1.54, 1.807) is 6.07 Å². The minimum atomic E-state index is -0.889. The van der Waals surface area contributed by atoms with Crippen LogP contribution >= 0.6 is 11.6 Å². The maximum atomic E-state index is 13.1. The van der Waals surface area contributed by atoms with Gasteiger partial charge in [0.05, 0.1) is 9.95 Å². The lowest BCUT2D eigenvalue weighted by molar-refractivity contribution is -0.387. The van der Waals surface area contributed by atoms with Crippen molar-refractivity contribution in [1.29, 1.82) is 0 Å². The van der Waals surface area contributed by atoms with Gasteiger partial charge in [0, 0.05) is 29.6 Å². The number of benzene rings is 1. The van der Waals surface area contributed by atoms with Gasteiger partial charge in [-0.25, -0.2) is 0 Å². The van der Waals surface area contributed by atoms with E-state index < -0.39 is 16.4 Å². The minimum Gasteiger partial charge on any atom is -0.262 e. The third kappa shape index (κ3) is 3.27. The summed E-state index contributed by atoms with van der Waals surface area (Å²) in [6.45, 7) is 0. The normalized spacial score (nSPS) is 9.58. The van der Waals surface area contributed by atoms with Crippen molar-refractivity contribution in [2.24, 2.45) is 0 Å². The van der Waals surface area contributed by atoms with E-state index in [-0.39, 0.29) is 0 Å². The first-order valence-corrected chi connectivity index (χ1v) is 5.50. The molecule has 0 amide bonds. The van der Waals surface area contributed by atoms with E-state index in [1.165, 1.54) is 18.5 Å². The molecular weight excluding hydrogens is 271 g/mol. The molecule has 19 heavy (non-hydrogen) atoms. The Morgan fingerprint density at radius 2 is 1.95 bits per heavy atom. The molecule has 0 radical (unpaired) electrons. The van der Waals surface area contributed by atoms with Crippen molar-refractivity contribution in [1.82, 2.24) is 4.98 Å². The number of hydrogen-bond donors (Lipinski definition) is 0. The SMILES string of the molecule is O=[N+]([O-])c1cc(C#Cc2cncc(Cl)c2)ccc1F. The fourth-order valence-corrected chi connectivity index (χ4v) is 1.53. The van der Waals surface area contributed by atoms with Crippen LogP contribution in [0.3, 0.4) is 0 Å². The Labute approximate surface area is 113 Å². The van der Waals surface area contributed by atoms with Gasteiger partial charge in [-0.3, -0.25) is 15.1 Å². The Hall–Kier alpha value is -2.45. The van der Waals surface area contributed by atoms with Crippen LogP contribution in [0.5, 0.6) is 0 Å². The summed E-state index contributed by atoms with van der Waals surface area (Å²) in [6, 6.07) is 5.07. The van der Waals surface area contributed by atoms with Crippen molar-refractivity contribution in [2.45, 2.75) is 0 Å². The average Bonchev–Trinajstić information content (AvgIpc) is 2.37. The van der Waals surface area contributed by atoms with Gasteiger partial charge >= 0.3 is 5.69 Å². The van der Waals surface area contributed by atoms with Crippen LogP contribution in [0, 0.1) is 27.8 Å². The Bertz CT molecular complexity index is 707. The second kappa shape index (κ2) is 5.46. The Balaban J connectivity index is 2.35. The molecular formula is C13H6ClFN2O2. The van der Waals surface area contributed by atoms with E-state index in [0.717, 1.165) is 12.1 Å². The molecule has 1 heterocycles. The van der Waals surface area contributed by atoms with E-state index in [4.69, 9.17) is 11.6 Å². The highest BCUT2D eigenvalue weighted by atomic mass is 35.5. The molecule has 1 aromatic carbocycles. The molecule has 0 N–H and O–H groups in total. The fourth-order valence-electron chi connectivity index (χ4n) is 1.35. The van der Waals surface area contributed by atoms with Crippen LogP contribution in [0.4, 0.5) is 10.1 Å². The lowest BCUT2D eigenvalue weighted by Gasteiger charge is -1.94. The van der Waals surface area contributed by atoms with E-state index in [0.29, 0.717) is 16.1 Å². The molecule has 0 fully saturated rings. The number of nitro benzene ring substituents is 1. The summed E-state index contributed by atoms with van der Waals surface area (Å²) >= 11 is 5.74. The van der Waals surface area contributed by atoms with Gasteiger partial charge in [0.2, 0.25) is 5.82 Å². The number of hydrogen-bond acceptors (Lipinski definition) is 3. The third-order valence-electron chi connectivity index (χ3n) is 2.20. The lowest BCUT2D eigenvalue weighted by atomic mass is 10.2. The second-order valence-corrected chi connectivity index (χ2v) is 4.00. The zero-order valence-electron chi connectivity index (χ0n) is 9.43. The van der Waals surface area contributed by atoms with Crippen LogP contribution in [0.25, 0.3) is 0 Å². The van der Waals surface area contributed by atoms with Gasteiger partial charge < -0.3 is 0 Å². The van der Waals surface area contributed by atoms with Gasteiger partial charge in [0.15, 0.2) is 0 Å². The molecule has 2 aromatic rings. The maximum absolute atomic E-state index is 13.1. The summed E-state index contributed by atoms with van der Waals surface area (Å²) in [5, 5.41) is 11.0. The zero-order chi connectivity index (χ0) is 13.8. The first-order chi connectivity index (χ1) is 9.06. The second-order valence-electron chi connectivity index (χ2n) is 3.57. The van der Waals surface area contributed by atoms with Crippen molar-refractivity contribution in [2.75, 3.05) is 0 Å². The van der Waals surface area contributed by atoms with E-state index in [9.17, 15) is 14.5 Å². The molecule has 0 bridgehead atoms.